The second-order valence-electron chi connectivity index (χ2n) is 4.96. The Bertz CT molecular complexity index is 958. The molecular weight excluding hydrogens is 421 g/mol. The number of ether oxygens (including phenoxy) is 1. The smallest absolute Gasteiger partial charge is 0.351 e. The summed E-state index contributed by atoms with van der Waals surface area (Å²) in [6.45, 7) is 1.58. The second kappa shape index (κ2) is 8.77. The molecule has 0 saturated heterocycles. The Hall–Kier alpha value is -1.73. The van der Waals surface area contributed by atoms with E-state index in [4.69, 9.17) is 39.5 Å². The normalized spacial score (nSPS) is 11.9. The van der Waals surface area contributed by atoms with Gasteiger partial charge >= 0.3 is 5.97 Å². The molecule has 26 heavy (non-hydrogen) atoms. The van der Waals surface area contributed by atoms with Crippen LogP contribution in [0.25, 0.3) is 0 Å². The largest absolute Gasteiger partial charge is 0.462 e. The van der Waals surface area contributed by atoms with Gasteiger partial charge in [0.25, 0.3) is 0 Å². The van der Waals surface area contributed by atoms with Gasteiger partial charge in [-0.3, -0.25) is 0 Å². The van der Waals surface area contributed by atoms with Crippen LogP contribution >= 0.6 is 34.8 Å². The first-order valence-electron chi connectivity index (χ1n) is 7.35. The molecule has 0 radical (unpaired) electrons. The van der Waals surface area contributed by atoms with Gasteiger partial charge in [0.15, 0.2) is 4.91 Å². The van der Waals surface area contributed by atoms with Crippen molar-refractivity contribution in [3.63, 3.8) is 0 Å². The highest BCUT2D eigenvalue weighted by atomic mass is 35.5. The zero-order valence-electron chi connectivity index (χ0n) is 13.5. The fourth-order valence-electron chi connectivity index (χ4n) is 1.99. The Labute approximate surface area is 166 Å². The van der Waals surface area contributed by atoms with Gasteiger partial charge in [-0.05, 0) is 43.3 Å². The number of carbonyl (C=O) groups is 1. The maximum absolute atomic E-state index is 12.9. The van der Waals surface area contributed by atoms with Crippen molar-refractivity contribution in [3.8, 4) is 0 Å². The second-order valence-corrected chi connectivity index (χ2v) is 8.13. The summed E-state index contributed by atoms with van der Waals surface area (Å²) in [5.41, 5.74) is 0.497. The third kappa shape index (κ3) is 4.92. The van der Waals surface area contributed by atoms with Gasteiger partial charge < -0.3 is 10.1 Å². The molecule has 0 bridgehead atoms. The van der Waals surface area contributed by atoms with E-state index >= 15 is 0 Å². The van der Waals surface area contributed by atoms with Crippen molar-refractivity contribution in [1.82, 2.24) is 0 Å². The van der Waals surface area contributed by atoms with E-state index in [-0.39, 0.29) is 21.5 Å². The van der Waals surface area contributed by atoms with E-state index in [0.29, 0.717) is 10.7 Å². The van der Waals surface area contributed by atoms with Crippen LogP contribution in [0.2, 0.25) is 15.1 Å². The number of benzene rings is 2. The summed E-state index contributed by atoms with van der Waals surface area (Å²) in [6, 6.07) is 10.4. The molecule has 0 unspecified atom stereocenters. The minimum Gasteiger partial charge on any atom is -0.462 e. The predicted octanol–water partition coefficient (Wildman–Crippen LogP) is 4.94. The van der Waals surface area contributed by atoms with Crippen LogP contribution < -0.4 is 5.32 Å². The number of carbonyl (C=O) groups excluding carboxylic acids is 1. The lowest BCUT2D eigenvalue weighted by atomic mass is 10.3. The molecule has 0 atom stereocenters. The Morgan fingerprint density at radius 2 is 1.81 bits per heavy atom. The SMILES string of the molecule is CCOC(=O)/C(=C/Nc1cccc(Cl)c1)S(=O)(=O)c1ccc(Cl)cc1Cl. The summed E-state index contributed by atoms with van der Waals surface area (Å²) in [5, 5.41) is 3.35. The lowest BCUT2D eigenvalue weighted by molar-refractivity contribution is -0.137. The highest BCUT2D eigenvalue weighted by Crippen LogP contribution is 2.30. The van der Waals surface area contributed by atoms with Gasteiger partial charge in [-0.2, -0.15) is 0 Å². The average molecular weight is 435 g/mol. The summed E-state index contributed by atoms with van der Waals surface area (Å²) in [5.74, 6) is -1.01. The molecule has 0 aromatic heterocycles. The third-order valence-corrected chi connectivity index (χ3v) is 5.84. The van der Waals surface area contributed by atoms with Crippen molar-refractivity contribution in [3.05, 3.63) is 68.6 Å². The molecule has 2 rings (SSSR count). The summed E-state index contributed by atoms with van der Waals surface area (Å²) in [4.78, 5) is 11.4. The molecule has 5 nitrogen and oxygen atoms in total. The van der Waals surface area contributed by atoms with Crippen molar-refractivity contribution in [2.75, 3.05) is 11.9 Å². The molecule has 0 aliphatic carbocycles. The molecule has 0 saturated carbocycles. The van der Waals surface area contributed by atoms with Crippen LogP contribution in [-0.4, -0.2) is 21.0 Å². The van der Waals surface area contributed by atoms with E-state index in [1.165, 1.54) is 18.2 Å². The van der Waals surface area contributed by atoms with Crippen LogP contribution in [0.5, 0.6) is 0 Å². The highest BCUT2D eigenvalue weighted by molar-refractivity contribution is 7.96. The number of rotatable bonds is 6. The lowest BCUT2D eigenvalue weighted by Crippen LogP contribution is -2.18. The fraction of sp³-hybridized carbons (Fsp3) is 0.118. The van der Waals surface area contributed by atoms with Gasteiger partial charge in [0, 0.05) is 21.9 Å². The number of esters is 1. The van der Waals surface area contributed by atoms with Crippen LogP contribution in [0.4, 0.5) is 5.69 Å². The predicted molar refractivity (Wildman–Crippen MR) is 103 cm³/mol. The Balaban J connectivity index is 2.49. The first-order chi connectivity index (χ1) is 12.3. The van der Waals surface area contributed by atoms with Gasteiger partial charge in [0.1, 0.15) is 0 Å². The number of hydrogen-bond acceptors (Lipinski definition) is 5. The Kier molecular flexibility index (Phi) is 6.94. The molecule has 2 aromatic rings. The average Bonchev–Trinajstić information content (AvgIpc) is 2.54. The van der Waals surface area contributed by atoms with E-state index in [2.05, 4.69) is 5.32 Å². The zero-order chi connectivity index (χ0) is 19.3. The molecule has 1 N–H and O–H groups in total. The molecule has 9 heteroatoms. The third-order valence-electron chi connectivity index (χ3n) is 3.14. The molecule has 0 spiro atoms. The van der Waals surface area contributed by atoms with Crippen molar-refractivity contribution in [2.45, 2.75) is 11.8 Å². The molecule has 0 amide bonds. The minimum absolute atomic E-state index is 0.0111. The molecule has 0 aliphatic heterocycles. The van der Waals surface area contributed by atoms with Gasteiger partial charge in [0.05, 0.1) is 16.5 Å². The fourth-order valence-corrected chi connectivity index (χ4v) is 4.18. The van der Waals surface area contributed by atoms with Gasteiger partial charge in [-0.1, -0.05) is 40.9 Å². The minimum atomic E-state index is -4.25. The number of halogens is 3. The maximum atomic E-state index is 12.9. The van der Waals surface area contributed by atoms with Crippen molar-refractivity contribution in [2.24, 2.45) is 0 Å². The number of anilines is 1. The van der Waals surface area contributed by atoms with Crippen molar-refractivity contribution < 1.29 is 17.9 Å². The molecule has 0 heterocycles. The first-order valence-corrected chi connectivity index (χ1v) is 9.97. The van der Waals surface area contributed by atoms with Gasteiger partial charge in [-0.15, -0.1) is 0 Å². The van der Waals surface area contributed by atoms with Crippen LogP contribution in [-0.2, 0) is 19.4 Å². The van der Waals surface area contributed by atoms with Crippen LogP contribution in [0.1, 0.15) is 6.92 Å². The molecule has 138 valence electrons. The molecule has 0 fully saturated rings. The standard InChI is InChI=1S/C17H14Cl3NO4S/c1-2-25-17(22)16(10-21-13-5-3-4-11(18)8-13)26(23,24)15-7-6-12(19)9-14(15)20/h3-10,21H,2H2,1H3/b16-10-. The number of hydrogen-bond donors (Lipinski definition) is 1. The number of sulfone groups is 1. The van der Waals surface area contributed by atoms with Gasteiger partial charge in [-0.25, -0.2) is 13.2 Å². The number of nitrogens with one attached hydrogen (secondary N) is 1. The van der Waals surface area contributed by atoms with E-state index in [9.17, 15) is 13.2 Å². The van der Waals surface area contributed by atoms with Crippen LogP contribution in [0.15, 0.2) is 58.5 Å². The van der Waals surface area contributed by atoms with Crippen molar-refractivity contribution >= 4 is 56.3 Å². The molecule has 0 aliphatic rings. The first kappa shape index (κ1) is 20.6. The Morgan fingerprint density at radius 3 is 2.42 bits per heavy atom. The van der Waals surface area contributed by atoms with Crippen LogP contribution in [0, 0.1) is 0 Å². The quantitative estimate of drug-likeness (QED) is 0.515. The van der Waals surface area contributed by atoms with Crippen LogP contribution in [0.3, 0.4) is 0 Å². The van der Waals surface area contributed by atoms with E-state index in [1.54, 1.807) is 31.2 Å². The Morgan fingerprint density at radius 1 is 1.12 bits per heavy atom. The van der Waals surface area contributed by atoms with E-state index in [0.717, 1.165) is 6.20 Å². The summed E-state index contributed by atoms with van der Waals surface area (Å²) < 4.78 is 30.7. The molecular formula is C17H14Cl3NO4S. The zero-order valence-corrected chi connectivity index (χ0v) is 16.6. The highest BCUT2D eigenvalue weighted by Gasteiger charge is 2.30. The summed E-state index contributed by atoms with van der Waals surface area (Å²) >= 11 is 17.7. The topological polar surface area (TPSA) is 72.5 Å². The van der Waals surface area contributed by atoms with Gasteiger partial charge in [0.2, 0.25) is 9.84 Å². The van der Waals surface area contributed by atoms with E-state index < -0.39 is 20.7 Å². The van der Waals surface area contributed by atoms with E-state index in [1.807, 2.05) is 0 Å². The van der Waals surface area contributed by atoms with Crippen molar-refractivity contribution in [1.29, 1.82) is 0 Å². The molecule has 2 aromatic carbocycles. The maximum Gasteiger partial charge on any atom is 0.351 e. The monoisotopic (exact) mass is 433 g/mol. The summed E-state index contributed by atoms with van der Waals surface area (Å²) in [7, 11) is -4.25. The lowest BCUT2D eigenvalue weighted by Gasteiger charge is -2.11. The summed E-state index contributed by atoms with van der Waals surface area (Å²) in [6.07, 6.45) is 1.05.